The summed E-state index contributed by atoms with van der Waals surface area (Å²) in [6.07, 6.45) is 0. The van der Waals surface area contributed by atoms with Crippen LogP contribution in [0.1, 0.15) is 30.5 Å². The third-order valence-corrected chi connectivity index (χ3v) is 2.42. The van der Waals surface area contributed by atoms with Crippen molar-refractivity contribution in [2.45, 2.75) is 33.4 Å². The van der Waals surface area contributed by atoms with E-state index in [4.69, 9.17) is 0 Å². The van der Waals surface area contributed by atoms with Crippen LogP contribution in [0.4, 0.5) is 13.3 Å². The summed E-state index contributed by atoms with van der Waals surface area (Å²) in [4.78, 5) is 3.52. The van der Waals surface area contributed by atoms with Crippen molar-refractivity contribution in [1.82, 2.24) is 0 Å². The topological polar surface area (TPSA) is 9.23 Å². The van der Waals surface area contributed by atoms with Gasteiger partial charge in [0.2, 0.25) is 0 Å². The van der Waals surface area contributed by atoms with Crippen LogP contribution in [0.25, 0.3) is 0 Å². The molecule has 0 amide bonds. The molecule has 1 atom stereocenters. The molecule has 0 heterocycles. The van der Waals surface area contributed by atoms with Crippen LogP contribution in [0.5, 0.6) is 5.75 Å². The fourth-order valence-corrected chi connectivity index (χ4v) is 1.27. The van der Waals surface area contributed by atoms with Crippen molar-refractivity contribution in [3.8, 4) is 5.75 Å². The van der Waals surface area contributed by atoms with Gasteiger partial charge in [0.15, 0.2) is 5.75 Å². The van der Waals surface area contributed by atoms with E-state index in [0.717, 1.165) is 6.07 Å². The zero-order valence-electron chi connectivity index (χ0n) is 9.77. The standard InChI is InChI=1S/C9H10F3OP.C2H6/c1-5-3-7(9(10,11)14)4-8(13-12)6(5)2;1-2/h3-4H,14H2,1-2H3;1-2H3. The first-order chi connectivity index (χ1) is 7.36. The van der Waals surface area contributed by atoms with Gasteiger partial charge in [0.1, 0.15) is 0 Å². The van der Waals surface area contributed by atoms with Crippen LogP contribution in [0.2, 0.25) is 0 Å². The lowest BCUT2D eigenvalue weighted by atomic mass is 10.1. The fourth-order valence-electron chi connectivity index (χ4n) is 1.10. The molecule has 0 N–H and O–H groups in total. The van der Waals surface area contributed by atoms with E-state index in [0.29, 0.717) is 11.1 Å². The van der Waals surface area contributed by atoms with E-state index in [1.54, 1.807) is 13.8 Å². The molecule has 0 saturated carbocycles. The van der Waals surface area contributed by atoms with Gasteiger partial charge in [-0.2, -0.15) is 8.78 Å². The zero-order valence-corrected chi connectivity index (χ0v) is 10.9. The minimum absolute atomic E-state index is 0.165. The number of hydrogen-bond donors (Lipinski definition) is 0. The van der Waals surface area contributed by atoms with Gasteiger partial charge >= 0.3 is 0 Å². The molecule has 1 nitrogen and oxygen atoms in total. The SMILES string of the molecule is CC.Cc1cc(C(F)(F)P)cc(OF)c1C. The summed E-state index contributed by atoms with van der Waals surface area (Å²) in [5.74, 6) is -0.165. The monoisotopic (exact) mass is 252 g/mol. The summed E-state index contributed by atoms with van der Waals surface area (Å²) in [5.41, 5.74) is -2.26. The largest absolute Gasteiger partial charge is 0.294 e. The maximum Gasteiger partial charge on any atom is 0.284 e. The Labute approximate surface area is 96.1 Å². The first-order valence-electron chi connectivity index (χ1n) is 4.93. The molecule has 92 valence electrons. The second kappa shape index (κ2) is 6.09. The summed E-state index contributed by atoms with van der Waals surface area (Å²) in [6.45, 7) is 7.23. The number of halogens is 3. The number of benzene rings is 1. The minimum Gasteiger partial charge on any atom is -0.294 e. The van der Waals surface area contributed by atoms with Crippen LogP contribution >= 0.6 is 9.24 Å². The molecule has 1 aromatic carbocycles. The Morgan fingerprint density at radius 3 is 2.06 bits per heavy atom. The molecule has 0 aliphatic rings. The Balaban J connectivity index is 0.00000106. The maximum absolute atomic E-state index is 12.9. The Bertz CT molecular complexity index is 348. The second-order valence-corrected chi connectivity index (χ2v) is 3.84. The molecule has 0 aliphatic carbocycles. The van der Waals surface area contributed by atoms with E-state index < -0.39 is 5.66 Å². The second-order valence-electron chi connectivity index (χ2n) is 3.12. The third kappa shape index (κ3) is 3.67. The molecule has 0 aromatic heterocycles. The maximum atomic E-state index is 12.9. The first-order valence-corrected chi connectivity index (χ1v) is 5.51. The number of hydrogen-bond acceptors (Lipinski definition) is 1. The van der Waals surface area contributed by atoms with Crippen molar-refractivity contribution < 1.29 is 18.2 Å². The smallest absolute Gasteiger partial charge is 0.284 e. The summed E-state index contributed by atoms with van der Waals surface area (Å²) in [6, 6.07) is 2.31. The predicted molar refractivity (Wildman–Crippen MR) is 62.6 cm³/mol. The van der Waals surface area contributed by atoms with E-state index in [-0.39, 0.29) is 11.3 Å². The highest BCUT2D eigenvalue weighted by atomic mass is 31.0. The number of alkyl halides is 2. The molecule has 0 spiro atoms. The van der Waals surface area contributed by atoms with E-state index in [1.165, 1.54) is 15.3 Å². The van der Waals surface area contributed by atoms with Crippen LogP contribution in [-0.2, 0) is 5.66 Å². The summed E-state index contributed by atoms with van der Waals surface area (Å²) >= 11 is 0. The molecule has 0 fully saturated rings. The van der Waals surface area contributed by atoms with Crippen LogP contribution < -0.4 is 4.94 Å². The lowest BCUT2D eigenvalue weighted by molar-refractivity contribution is -0.00768. The summed E-state index contributed by atoms with van der Waals surface area (Å²) in [5, 5.41) is 0. The predicted octanol–water partition coefficient (Wildman–Crippen LogP) is 4.52. The van der Waals surface area contributed by atoms with Gasteiger partial charge in [0.25, 0.3) is 5.66 Å². The molecule has 0 radical (unpaired) electrons. The summed E-state index contributed by atoms with van der Waals surface area (Å²) in [7, 11) is 1.40. The molecule has 0 saturated heterocycles. The van der Waals surface area contributed by atoms with Gasteiger partial charge in [-0.15, -0.1) is 0 Å². The van der Waals surface area contributed by atoms with Gasteiger partial charge in [-0.1, -0.05) is 23.1 Å². The average molecular weight is 252 g/mol. The summed E-state index contributed by atoms with van der Waals surface area (Å²) < 4.78 is 37.7. The molecule has 5 heteroatoms. The van der Waals surface area contributed by atoms with Crippen molar-refractivity contribution in [3.63, 3.8) is 0 Å². The van der Waals surface area contributed by atoms with Gasteiger partial charge < -0.3 is 0 Å². The van der Waals surface area contributed by atoms with Crippen molar-refractivity contribution in [2.75, 3.05) is 0 Å². The van der Waals surface area contributed by atoms with Crippen molar-refractivity contribution in [3.05, 3.63) is 28.8 Å². The lowest BCUT2D eigenvalue weighted by Gasteiger charge is -2.13. The highest BCUT2D eigenvalue weighted by Gasteiger charge is 2.26. The van der Waals surface area contributed by atoms with Gasteiger partial charge in [-0.05, 0) is 37.1 Å². The molecule has 1 aromatic rings. The van der Waals surface area contributed by atoms with E-state index >= 15 is 0 Å². The molecular weight excluding hydrogens is 236 g/mol. The quantitative estimate of drug-likeness (QED) is 0.703. The van der Waals surface area contributed by atoms with Crippen LogP contribution in [0.15, 0.2) is 12.1 Å². The third-order valence-electron chi connectivity index (χ3n) is 2.09. The van der Waals surface area contributed by atoms with Crippen LogP contribution in [0, 0.1) is 13.8 Å². The van der Waals surface area contributed by atoms with Gasteiger partial charge in [-0.25, -0.2) is 0 Å². The Kier molecular flexibility index (Phi) is 5.80. The van der Waals surface area contributed by atoms with Crippen LogP contribution in [0.3, 0.4) is 0 Å². The van der Waals surface area contributed by atoms with Gasteiger partial charge in [0.05, 0.1) is 0 Å². The Morgan fingerprint density at radius 1 is 1.19 bits per heavy atom. The zero-order chi connectivity index (χ0) is 12.9. The highest BCUT2D eigenvalue weighted by molar-refractivity contribution is 7.17. The molecule has 1 rings (SSSR count). The molecule has 1 unspecified atom stereocenters. The average Bonchev–Trinajstić information content (AvgIpc) is 2.23. The van der Waals surface area contributed by atoms with Crippen molar-refractivity contribution in [1.29, 1.82) is 0 Å². The molecule has 16 heavy (non-hydrogen) atoms. The van der Waals surface area contributed by atoms with E-state index in [9.17, 15) is 13.3 Å². The molecular formula is C11H16F3OP. The van der Waals surface area contributed by atoms with Gasteiger partial charge in [0, 0.05) is 10.1 Å². The Hall–Kier alpha value is -0.760. The minimum atomic E-state index is -3.06. The van der Waals surface area contributed by atoms with Crippen LogP contribution in [-0.4, -0.2) is 0 Å². The number of aryl methyl sites for hydroxylation is 1. The lowest BCUT2D eigenvalue weighted by Crippen LogP contribution is -2.04. The van der Waals surface area contributed by atoms with Crippen molar-refractivity contribution in [2.24, 2.45) is 0 Å². The first kappa shape index (κ1) is 15.2. The van der Waals surface area contributed by atoms with Gasteiger partial charge in [-0.3, -0.25) is 4.94 Å². The van der Waals surface area contributed by atoms with Crippen molar-refractivity contribution >= 4 is 9.24 Å². The highest BCUT2D eigenvalue weighted by Crippen LogP contribution is 2.38. The number of rotatable bonds is 2. The fraction of sp³-hybridized carbons (Fsp3) is 0.455. The molecule has 0 bridgehead atoms. The molecule has 0 aliphatic heterocycles. The van der Waals surface area contributed by atoms with E-state index in [2.05, 4.69) is 4.94 Å². The Morgan fingerprint density at radius 2 is 1.69 bits per heavy atom. The van der Waals surface area contributed by atoms with E-state index in [1.807, 2.05) is 13.8 Å². The normalized spacial score (nSPS) is 10.5.